The monoisotopic (exact) mass is 672 g/mol. The number of hydrogen-bond donors (Lipinski definition) is 3. The van der Waals surface area contributed by atoms with Crippen molar-refractivity contribution in [2.24, 2.45) is 0 Å². The second-order valence-electron chi connectivity index (χ2n) is 11.9. The Bertz CT molecular complexity index is 1360. The van der Waals surface area contributed by atoms with Gasteiger partial charge in [0.1, 0.15) is 29.8 Å². The number of nitrogens with zero attached hydrogens (tertiary/aromatic N) is 1. The van der Waals surface area contributed by atoms with E-state index in [-0.39, 0.29) is 19.0 Å². The van der Waals surface area contributed by atoms with Crippen molar-refractivity contribution in [1.82, 2.24) is 10.3 Å². The molecule has 0 aliphatic carbocycles. The van der Waals surface area contributed by atoms with Crippen molar-refractivity contribution in [3.05, 3.63) is 53.3 Å². The van der Waals surface area contributed by atoms with E-state index < -0.39 is 54.6 Å². The van der Waals surface area contributed by atoms with E-state index in [2.05, 4.69) is 11.9 Å². The zero-order valence-corrected chi connectivity index (χ0v) is 28.1. The summed E-state index contributed by atoms with van der Waals surface area (Å²) in [6.45, 7) is 7.01. The van der Waals surface area contributed by atoms with Crippen LogP contribution in [0.2, 0.25) is 0 Å². The number of hydrogen-bond acceptors (Lipinski definition) is 12. The van der Waals surface area contributed by atoms with E-state index in [1.165, 1.54) is 18.2 Å². The molecule has 3 N–H and O–H groups in total. The molecule has 1 aromatic rings. The van der Waals surface area contributed by atoms with Crippen LogP contribution >= 0.6 is 0 Å². The number of aromatic nitrogens is 1. The maximum absolute atomic E-state index is 12.9. The van der Waals surface area contributed by atoms with Gasteiger partial charge in [-0.25, -0.2) is 14.6 Å². The van der Waals surface area contributed by atoms with Crippen LogP contribution in [0.3, 0.4) is 0 Å². The molecular weight excluding hydrogens is 624 g/mol. The summed E-state index contributed by atoms with van der Waals surface area (Å²) in [5.74, 6) is -0.871. The quantitative estimate of drug-likeness (QED) is 0.0868. The van der Waals surface area contributed by atoms with E-state index >= 15 is 0 Å². The van der Waals surface area contributed by atoms with Crippen LogP contribution in [0.1, 0.15) is 95.9 Å². The molecule has 0 unspecified atom stereocenters. The summed E-state index contributed by atoms with van der Waals surface area (Å²) in [6, 6.07) is 0. The average molecular weight is 673 g/mol. The molecule has 2 aliphatic heterocycles. The topological polar surface area (TPSA) is 187 Å². The molecule has 1 aromatic heterocycles. The number of oxazole rings is 1. The van der Waals surface area contributed by atoms with Gasteiger partial charge < -0.3 is 33.6 Å². The Balaban J connectivity index is 1.75. The highest BCUT2D eigenvalue weighted by atomic mass is 16.7. The molecule has 1 saturated heterocycles. The second-order valence-corrected chi connectivity index (χ2v) is 11.9. The molecule has 3 heterocycles. The van der Waals surface area contributed by atoms with Gasteiger partial charge in [0.15, 0.2) is 12.2 Å². The number of alkyl carbamates (subject to hydrolysis) is 1. The molecule has 2 bridgehead atoms. The van der Waals surface area contributed by atoms with Crippen molar-refractivity contribution in [3.63, 3.8) is 0 Å². The third-order valence-electron chi connectivity index (χ3n) is 7.73. The number of esters is 2. The van der Waals surface area contributed by atoms with Gasteiger partial charge in [-0.2, -0.15) is 0 Å². The van der Waals surface area contributed by atoms with Gasteiger partial charge in [0.25, 0.3) is 0 Å². The van der Waals surface area contributed by atoms with E-state index in [4.69, 9.17) is 23.4 Å². The van der Waals surface area contributed by atoms with E-state index in [9.17, 15) is 29.4 Å². The van der Waals surface area contributed by atoms with Crippen LogP contribution < -0.4 is 5.32 Å². The summed E-state index contributed by atoms with van der Waals surface area (Å²) in [6.07, 6.45) is 8.25. The molecule has 6 atom stereocenters. The van der Waals surface area contributed by atoms with E-state index in [0.717, 1.165) is 50.7 Å². The number of aryl methyl sites for hydroxylation is 1. The highest BCUT2D eigenvalue weighted by Gasteiger charge is 2.53. The van der Waals surface area contributed by atoms with Crippen LogP contribution in [-0.2, 0) is 33.3 Å². The summed E-state index contributed by atoms with van der Waals surface area (Å²) in [7, 11) is 0. The Morgan fingerprint density at radius 3 is 2.62 bits per heavy atom. The molecule has 2 aliphatic rings. The van der Waals surface area contributed by atoms with Crippen molar-refractivity contribution >= 4 is 36.1 Å². The van der Waals surface area contributed by atoms with Gasteiger partial charge in [0.2, 0.25) is 11.8 Å². The van der Waals surface area contributed by atoms with Crippen LogP contribution in [0.5, 0.6) is 0 Å². The number of amides is 2. The van der Waals surface area contributed by atoms with E-state index in [1.54, 1.807) is 25.2 Å². The van der Waals surface area contributed by atoms with Gasteiger partial charge in [-0.3, -0.25) is 14.9 Å². The minimum atomic E-state index is -1.78. The number of aliphatic hydroxyl groups excluding tert-OH is 2. The first-order valence-electron chi connectivity index (χ1n) is 16.5. The Morgan fingerprint density at radius 2 is 1.88 bits per heavy atom. The predicted octanol–water partition coefficient (Wildman–Crippen LogP) is 4.64. The number of aliphatic hydroxyl groups is 2. The maximum Gasteiger partial charge on any atom is 0.414 e. The number of fused-ring (bicyclic) bond motifs is 3. The summed E-state index contributed by atoms with van der Waals surface area (Å²) in [5, 5.41) is 24.1. The Labute approximate surface area is 281 Å². The first kappa shape index (κ1) is 38.4. The molecule has 264 valence electrons. The molecule has 3 rings (SSSR count). The smallest absolute Gasteiger partial charge is 0.414 e. The lowest BCUT2D eigenvalue weighted by Gasteiger charge is -2.30. The van der Waals surface area contributed by atoms with Crippen LogP contribution in [0.25, 0.3) is 12.2 Å². The number of carbonyl (C=O) groups excluding carboxylic acids is 4. The lowest BCUT2D eigenvalue weighted by Crippen LogP contribution is -2.51. The fourth-order valence-electron chi connectivity index (χ4n) is 5.11. The number of cyclic esters (lactones) is 1. The number of epoxide rings is 1. The average Bonchev–Trinajstić information content (AvgIpc) is 3.72. The number of allylic oxidation sites excluding steroid dienone is 3. The zero-order valence-electron chi connectivity index (χ0n) is 28.1. The van der Waals surface area contributed by atoms with Gasteiger partial charge in [-0.1, -0.05) is 62.5 Å². The van der Waals surface area contributed by atoms with E-state index in [1.807, 2.05) is 12.2 Å². The number of ether oxygens (including phenoxy) is 4. The summed E-state index contributed by atoms with van der Waals surface area (Å²) in [5.41, 5.74) is 1.52. The Hall–Kier alpha value is -4.07. The van der Waals surface area contributed by atoms with Crippen LogP contribution in [0.4, 0.5) is 4.79 Å². The highest BCUT2D eigenvalue weighted by Crippen LogP contribution is 2.36. The van der Waals surface area contributed by atoms with Crippen molar-refractivity contribution < 1.29 is 52.8 Å². The van der Waals surface area contributed by atoms with Gasteiger partial charge >= 0.3 is 18.0 Å². The van der Waals surface area contributed by atoms with Crippen LogP contribution in [0.15, 0.2) is 40.4 Å². The minimum absolute atomic E-state index is 0.0847. The van der Waals surface area contributed by atoms with Crippen molar-refractivity contribution in [2.45, 2.75) is 122 Å². The lowest BCUT2D eigenvalue weighted by atomic mass is 9.97. The zero-order chi connectivity index (χ0) is 35.1. The first-order valence-corrected chi connectivity index (χ1v) is 16.5. The third kappa shape index (κ3) is 13.2. The Morgan fingerprint density at radius 1 is 1.12 bits per heavy atom. The number of unbranched alkanes of at least 4 members (excludes halogenated alkanes) is 4. The Kier molecular flexibility index (Phi) is 15.7. The predicted molar refractivity (Wildman–Crippen MR) is 175 cm³/mol. The summed E-state index contributed by atoms with van der Waals surface area (Å²) < 4.78 is 27.8. The number of rotatable bonds is 13. The SMILES string of the molecule is CCCCCCCC(=O)OCCC=C[C@H](O)[C@H](O)[C@@H]1OC(=O)C=CC=Cc2nc(oc2C)C=C(C)CC[C@@H]2O[C@H]2[C@H]1OC(=O)NC(C)=O. The molecule has 0 radical (unpaired) electrons. The molecule has 48 heavy (non-hydrogen) atoms. The largest absolute Gasteiger partial charge is 0.465 e. The molecule has 0 aromatic carbocycles. The van der Waals surface area contributed by atoms with Gasteiger partial charge in [0.05, 0.1) is 12.7 Å². The number of imide groups is 1. The van der Waals surface area contributed by atoms with Crippen molar-refractivity contribution in [1.29, 1.82) is 0 Å². The molecule has 0 spiro atoms. The fourth-order valence-corrected chi connectivity index (χ4v) is 5.11. The summed E-state index contributed by atoms with van der Waals surface area (Å²) >= 11 is 0. The van der Waals surface area contributed by atoms with Crippen LogP contribution in [0, 0.1) is 6.92 Å². The fraction of sp³-hybridized carbons (Fsp3) is 0.571. The van der Waals surface area contributed by atoms with Gasteiger partial charge in [0, 0.05) is 19.4 Å². The molecule has 13 nitrogen and oxygen atoms in total. The molecule has 13 heteroatoms. The van der Waals surface area contributed by atoms with Crippen molar-refractivity contribution in [3.8, 4) is 0 Å². The number of carbonyl (C=O) groups is 4. The normalized spacial score (nSPS) is 22.5. The highest BCUT2D eigenvalue weighted by molar-refractivity contribution is 5.90. The molecule has 2 amide bonds. The minimum Gasteiger partial charge on any atom is -0.465 e. The summed E-state index contributed by atoms with van der Waals surface area (Å²) in [4.78, 5) is 53.4. The third-order valence-corrected chi connectivity index (χ3v) is 7.73. The van der Waals surface area contributed by atoms with E-state index in [0.29, 0.717) is 36.6 Å². The molecule has 0 saturated carbocycles. The first-order chi connectivity index (χ1) is 23.0. The maximum atomic E-state index is 12.9. The van der Waals surface area contributed by atoms with Gasteiger partial charge in [-0.05, 0) is 51.7 Å². The lowest BCUT2D eigenvalue weighted by molar-refractivity contribution is -0.166. The molecular formula is C35H48N2O11. The van der Waals surface area contributed by atoms with Gasteiger partial charge in [-0.15, -0.1) is 0 Å². The van der Waals surface area contributed by atoms with Crippen LogP contribution in [-0.4, -0.2) is 82.4 Å². The molecule has 1 fully saturated rings. The second kappa shape index (κ2) is 19.7. The van der Waals surface area contributed by atoms with Crippen molar-refractivity contribution in [2.75, 3.05) is 6.61 Å². The standard InChI is InChI=1S/C35H48N2O11/c1-5-6-7-8-9-16-29(40)44-20-13-12-15-26(39)31(42)33-34(48-35(43)36-24(4)38)32-27(46-32)19-18-22(2)21-28-37-25(23(3)45-28)14-10-11-17-30(41)47-33/h10-12,14-15,17,21,26-27,31-34,39,42H,5-9,13,16,18-20H2,1-4H3,(H,36,38,43)/t26-,27-,31-,32+,33-,34+/m0/s1. The number of nitrogens with one attached hydrogen (secondary N) is 1.